The molecule has 1 aromatic rings. The average Bonchev–Trinajstić information content (AvgIpc) is 3.01. The molecule has 25 heavy (non-hydrogen) atoms. The molecule has 1 aliphatic rings. The van der Waals surface area contributed by atoms with Crippen LogP contribution in [0.15, 0.2) is 10.4 Å². The Kier molecular flexibility index (Phi) is 8.12. The molecule has 0 radical (unpaired) electrons. The van der Waals surface area contributed by atoms with Gasteiger partial charge in [-0.25, -0.2) is 4.98 Å². The summed E-state index contributed by atoms with van der Waals surface area (Å²) in [6, 6.07) is 0. The minimum Gasteiger partial charge on any atom is -0.356 e. The normalized spacial score (nSPS) is 18.4. The van der Waals surface area contributed by atoms with E-state index in [0.29, 0.717) is 5.92 Å². The van der Waals surface area contributed by atoms with Crippen LogP contribution in [0, 0.1) is 12.8 Å². The maximum Gasteiger partial charge on any atom is 0.193 e. The van der Waals surface area contributed by atoms with Gasteiger partial charge in [-0.2, -0.15) is 0 Å². The Hall–Kier alpha value is -1.18. The van der Waals surface area contributed by atoms with Crippen LogP contribution in [-0.2, 0) is 6.54 Å². The molecule has 1 saturated heterocycles. The van der Waals surface area contributed by atoms with Gasteiger partial charge in [-0.15, -0.1) is 11.3 Å². The van der Waals surface area contributed by atoms with Gasteiger partial charge in [0.05, 0.1) is 17.2 Å². The first-order chi connectivity index (χ1) is 12.0. The van der Waals surface area contributed by atoms with E-state index in [0.717, 1.165) is 36.3 Å². The lowest BCUT2D eigenvalue weighted by atomic mass is 10.1. The highest BCUT2D eigenvalue weighted by atomic mass is 32.1. The molecule has 0 bridgehead atoms. The number of piperazine rings is 1. The molecule has 2 rings (SSSR count). The predicted octanol–water partition coefficient (Wildman–Crippen LogP) is 1.73. The van der Waals surface area contributed by atoms with Crippen LogP contribution < -0.4 is 5.32 Å². The van der Waals surface area contributed by atoms with Crippen molar-refractivity contribution >= 4 is 17.3 Å². The van der Waals surface area contributed by atoms with Gasteiger partial charge in [-0.1, -0.05) is 13.8 Å². The predicted molar refractivity (Wildman–Crippen MR) is 107 cm³/mol. The summed E-state index contributed by atoms with van der Waals surface area (Å²) in [6.07, 6.45) is 0. The van der Waals surface area contributed by atoms with E-state index in [9.17, 15) is 0 Å². The zero-order valence-electron chi connectivity index (χ0n) is 16.5. The Morgan fingerprint density at radius 3 is 2.60 bits per heavy atom. The van der Waals surface area contributed by atoms with Crippen LogP contribution >= 0.6 is 11.3 Å². The molecule has 0 aromatic carbocycles. The standard InChI is InChI=1S/C18H34N6S/c1-6-23-7-9-24(10-8-23)12-15(2)11-20-18(19-4)22(5)13-17-14-25-16(3)21-17/h14-15H,6-13H2,1-5H3,(H,19,20). The maximum atomic E-state index is 4.54. The molecule has 6 nitrogen and oxygen atoms in total. The third-order valence-corrected chi connectivity index (χ3v) is 5.55. The fourth-order valence-corrected chi connectivity index (χ4v) is 3.85. The van der Waals surface area contributed by atoms with Crippen molar-refractivity contribution in [3.8, 4) is 0 Å². The second-order valence-electron chi connectivity index (χ2n) is 6.98. The first-order valence-electron chi connectivity index (χ1n) is 9.29. The summed E-state index contributed by atoms with van der Waals surface area (Å²) in [4.78, 5) is 16.2. The summed E-state index contributed by atoms with van der Waals surface area (Å²) in [5.74, 6) is 1.54. The van der Waals surface area contributed by atoms with Gasteiger partial charge >= 0.3 is 0 Å². The Morgan fingerprint density at radius 2 is 2.04 bits per heavy atom. The van der Waals surface area contributed by atoms with E-state index < -0.39 is 0 Å². The molecule has 1 fully saturated rings. The van der Waals surface area contributed by atoms with Crippen LogP contribution in [0.2, 0.25) is 0 Å². The summed E-state index contributed by atoms with van der Waals surface area (Å²) in [7, 11) is 3.92. The monoisotopic (exact) mass is 366 g/mol. The average molecular weight is 367 g/mol. The number of aromatic nitrogens is 1. The van der Waals surface area contributed by atoms with Gasteiger partial charge in [0.25, 0.3) is 0 Å². The summed E-state index contributed by atoms with van der Waals surface area (Å²) in [5.41, 5.74) is 1.11. The van der Waals surface area contributed by atoms with Crippen molar-refractivity contribution in [2.75, 3.05) is 59.9 Å². The lowest BCUT2D eigenvalue weighted by molar-refractivity contribution is 0.124. The topological polar surface area (TPSA) is 47.0 Å². The Bertz CT molecular complexity index is 535. The highest BCUT2D eigenvalue weighted by Gasteiger charge is 2.18. The van der Waals surface area contributed by atoms with E-state index in [1.54, 1.807) is 11.3 Å². The van der Waals surface area contributed by atoms with E-state index in [-0.39, 0.29) is 0 Å². The largest absolute Gasteiger partial charge is 0.356 e. The second-order valence-corrected chi connectivity index (χ2v) is 8.04. The number of hydrogen-bond donors (Lipinski definition) is 1. The van der Waals surface area contributed by atoms with E-state index >= 15 is 0 Å². The summed E-state index contributed by atoms with van der Waals surface area (Å²) < 4.78 is 0. The van der Waals surface area contributed by atoms with E-state index in [1.165, 1.54) is 32.7 Å². The highest BCUT2D eigenvalue weighted by Crippen LogP contribution is 2.10. The van der Waals surface area contributed by atoms with E-state index in [4.69, 9.17) is 0 Å². The summed E-state index contributed by atoms with van der Waals surface area (Å²) in [5, 5.41) is 6.76. The van der Waals surface area contributed by atoms with Crippen molar-refractivity contribution in [2.45, 2.75) is 27.3 Å². The molecule has 0 aliphatic carbocycles. The lowest BCUT2D eigenvalue weighted by Crippen LogP contribution is -2.48. The first kappa shape index (κ1) is 20.1. The third kappa shape index (κ3) is 6.56. The van der Waals surface area contributed by atoms with Crippen molar-refractivity contribution in [3.63, 3.8) is 0 Å². The molecule has 0 amide bonds. The van der Waals surface area contributed by atoms with Gasteiger partial charge in [-0.3, -0.25) is 4.99 Å². The number of guanidine groups is 1. The fraction of sp³-hybridized carbons (Fsp3) is 0.778. The van der Waals surface area contributed by atoms with Crippen molar-refractivity contribution in [3.05, 3.63) is 16.1 Å². The number of aryl methyl sites for hydroxylation is 1. The minimum absolute atomic E-state index is 0.597. The molecule has 142 valence electrons. The smallest absolute Gasteiger partial charge is 0.193 e. The zero-order chi connectivity index (χ0) is 18.2. The van der Waals surface area contributed by atoms with Crippen LogP contribution in [0.5, 0.6) is 0 Å². The molecule has 1 atom stereocenters. The number of thiazole rings is 1. The summed E-state index contributed by atoms with van der Waals surface area (Å²) >= 11 is 1.70. The minimum atomic E-state index is 0.597. The Morgan fingerprint density at radius 1 is 1.36 bits per heavy atom. The van der Waals surface area contributed by atoms with Crippen LogP contribution in [0.4, 0.5) is 0 Å². The van der Waals surface area contributed by atoms with Crippen molar-refractivity contribution in [1.29, 1.82) is 0 Å². The number of nitrogens with zero attached hydrogens (tertiary/aromatic N) is 5. The number of aliphatic imine (C=N–C) groups is 1. The van der Waals surface area contributed by atoms with Crippen LogP contribution in [0.25, 0.3) is 0 Å². The second kappa shape index (κ2) is 10.1. The first-order valence-corrected chi connectivity index (χ1v) is 10.2. The molecule has 1 aliphatic heterocycles. The molecule has 0 saturated carbocycles. The van der Waals surface area contributed by atoms with Gasteiger partial charge in [0.15, 0.2) is 5.96 Å². The van der Waals surface area contributed by atoms with Crippen molar-refractivity contribution in [1.82, 2.24) is 25.0 Å². The van der Waals surface area contributed by atoms with Gasteiger partial charge in [0.2, 0.25) is 0 Å². The molecule has 1 unspecified atom stereocenters. The number of rotatable bonds is 7. The van der Waals surface area contributed by atoms with Gasteiger partial charge in [0, 0.05) is 58.7 Å². The lowest BCUT2D eigenvalue weighted by Gasteiger charge is -2.35. The quantitative estimate of drug-likeness (QED) is 0.588. The van der Waals surface area contributed by atoms with Crippen LogP contribution in [0.1, 0.15) is 24.5 Å². The summed E-state index contributed by atoms with van der Waals surface area (Å²) in [6.45, 7) is 15.5. The molecular formula is C18H34N6S. The SMILES string of the molecule is CCN1CCN(CC(C)CNC(=NC)N(C)Cc2csc(C)n2)CC1. The van der Waals surface area contributed by atoms with Crippen molar-refractivity contribution in [2.24, 2.45) is 10.9 Å². The van der Waals surface area contributed by atoms with Crippen LogP contribution in [-0.4, -0.2) is 85.6 Å². The van der Waals surface area contributed by atoms with Gasteiger partial charge in [-0.05, 0) is 19.4 Å². The number of likely N-dealkylation sites (N-methyl/N-ethyl adjacent to an activating group) is 1. The molecule has 1 N–H and O–H groups in total. The highest BCUT2D eigenvalue weighted by molar-refractivity contribution is 7.09. The third-order valence-electron chi connectivity index (χ3n) is 4.73. The van der Waals surface area contributed by atoms with Crippen molar-refractivity contribution < 1.29 is 0 Å². The van der Waals surface area contributed by atoms with E-state index in [1.807, 2.05) is 14.0 Å². The Labute approximate surface area is 156 Å². The molecule has 1 aromatic heterocycles. The maximum absolute atomic E-state index is 4.54. The van der Waals surface area contributed by atoms with Gasteiger partial charge in [0.1, 0.15) is 0 Å². The zero-order valence-corrected chi connectivity index (χ0v) is 17.3. The van der Waals surface area contributed by atoms with Crippen LogP contribution in [0.3, 0.4) is 0 Å². The fourth-order valence-electron chi connectivity index (χ4n) is 3.24. The molecule has 7 heteroatoms. The Balaban J connectivity index is 1.72. The van der Waals surface area contributed by atoms with Gasteiger partial charge < -0.3 is 20.0 Å². The molecule has 2 heterocycles. The molecular weight excluding hydrogens is 332 g/mol. The molecule has 0 spiro atoms. The number of hydrogen-bond acceptors (Lipinski definition) is 5. The van der Waals surface area contributed by atoms with E-state index in [2.05, 4.69) is 56.3 Å². The number of nitrogens with one attached hydrogen (secondary N) is 1.